The van der Waals surface area contributed by atoms with Gasteiger partial charge in [0.2, 0.25) is 0 Å². The molecule has 0 radical (unpaired) electrons. The van der Waals surface area contributed by atoms with Crippen molar-refractivity contribution < 1.29 is 14.6 Å². The number of amides is 1. The van der Waals surface area contributed by atoms with Crippen LogP contribution >= 0.6 is 0 Å². The fourth-order valence-electron chi connectivity index (χ4n) is 1.87. The van der Waals surface area contributed by atoms with Gasteiger partial charge in [-0.05, 0) is 12.1 Å². The molecule has 2 rings (SSSR count). The maximum Gasteiger partial charge on any atom is 0.255 e. The third-order valence-corrected chi connectivity index (χ3v) is 2.77. The Bertz CT molecular complexity index is 389. The highest BCUT2D eigenvalue weighted by Crippen LogP contribution is 2.11. The van der Waals surface area contributed by atoms with Crippen LogP contribution in [0.3, 0.4) is 0 Å². The number of morpholine rings is 1. The number of rotatable bonds is 3. The first-order valence-electron chi connectivity index (χ1n) is 5.74. The molecule has 1 fully saturated rings. The van der Waals surface area contributed by atoms with Gasteiger partial charge in [-0.2, -0.15) is 0 Å². The lowest BCUT2D eigenvalue weighted by molar-refractivity contribution is 0.0301. The van der Waals surface area contributed by atoms with E-state index in [-0.39, 0.29) is 12.5 Å². The molecular formula is C12H16N2O3. The van der Waals surface area contributed by atoms with E-state index >= 15 is 0 Å². The van der Waals surface area contributed by atoms with Crippen molar-refractivity contribution in [3.63, 3.8) is 0 Å². The lowest BCUT2D eigenvalue weighted by atomic mass is 10.1. The maximum atomic E-state index is 12.2. The van der Waals surface area contributed by atoms with Crippen LogP contribution in [0.2, 0.25) is 0 Å². The van der Waals surface area contributed by atoms with Gasteiger partial charge in [0.15, 0.2) is 0 Å². The number of aliphatic hydroxyl groups excluding tert-OH is 1. The molecule has 1 aromatic heterocycles. The number of aliphatic hydroxyl groups is 1. The van der Waals surface area contributed by atoms with Crippen molar-refractivity contribution >= 4 is 5.91 Å². The lowest BCUT2D eigenvalue weighted by Gasteiger charge is -2.27. The number of carbonyl (C=O) groups is 1. The van der Waals surface area contributed by atoms with Crippen molar-refractivity contribution in [2.75, 3.05) is 32.9 Å². The standard InChI is InChI=1S/C12H16N2O3/c15-7-3-11-10(2-1-4-13-11)12(16)14-5-8-17-9-6-14/h1-2,4,15H,3,5-9H2. The Hall–Kier alpha value is -1.46. The Morgan fingerprint density at radius 2 is 2.24 bits per heavy atom. The summed E-state index contributed by atoms with van der Waals surface area (Å²) in [6.07, 6.45) is 2.05. The van der Waals surface area contributed by atoms with E-state index in [2.05, 4.69) is 4.98 Å². The zero-order chi connectivity index (χ0) is 12.1. The van der Waals surface area contributed by atoms with Crippen molar-refractivity contribution in [3.05, 3.63) is 29.6 Å². The minimum absolute atomic E-state index is 0.000401. The van der Waals surface area contributed by atoms with Crippen LogP contribution in [0, 0.1) is 0 Å². The molecule has 0 bridgehead atoms. The van der Waals surface area contributed by atoms with Crippen LogP contribution in [0.4, 0.5) is 0 Å². The number of ether oxygens (including phenoxy) is 1. The molecule has 0 aromatic carbocycles. The minimum atomic E-state index is -0.0233. The van der Waals surface area contributed by atoms with Gasteiger partial charge in [0.05, 0.1) is 24.5 Å². The van der Waals surface area contributed by atoms with Gasteiger partial charge in [0.25, 0.3) is 5.91 Å². The number of carbonyl (C=O) groups excluding carboxylic acids is 1. The minimum Gasteiger partial charge on any atom is -0.396 e. The molecule has 0 spiro atoms. The molecular weight excluding hydrogens is 220 g/mol. The molecule has 17 heavy (non-hydrogen) atoms. The zero-order valence-electron chi connectivity index (χ0n) is 9.63. The average molecular weight is 236 g/mol. The van der Waals surface area contributed by atoms with Gasteiger partial charge in [0.1, 0.15) is 0 Å². The number of hydrogen-bond donors (Lipinski definition) is 1. The molecule has 92 valence electrons. The highest BCUT2D eigenvalue weighted by molar-refractivity contribution is 5.95. The summed E-state index contributed by atoms with van der Waals surface area (Å²) in [5.74, 6) is -0.0233. The molecule has 1 N–H and O–H groups in total. The van der Waals surface area contributed by atoms with Crippen LogP contribution in [0.5, 0.6) is 0 Å². The van der Waals surface area contributed by atoms with Crippen molar-refractivity contribution in [2.24, 2.45) is 0 Å². The first kappa shape index (κ1) is 12.0. The molecule has 5 nitrogen and oxygen atoms in total. The fraction of sp³-hybridized carbons (Fsp3) is 0.500. The van der Waals surface area contributed by atoms with E-state index < -0.39 is 0 Å². The van der Waals surface area contributed by atoms with Gasteiger partial charge in [-0.1, -0.05) is 0 Å². The summed E-state index contributed by atoms with van der Waals surface area (Å²) in [6, 6.07) is 3.50. The third-order valence-electron chi connectivity index (χ3n) is 2.77. The molecule has 5 heteroatoms. The summed E-state index contributed by atoms with van der Waals surface area (Å²) in [6.45, 7) is 2.40. The normalized spacial score (nSPS) is 15.9. The van der Waals surface area contributed by atoms with Crippen molar-refractivity contribution in [3.8, 4) is 0 Å². The predicted octanol–water partition coefficient (Wildman–Crippen LogP) is 0.0888. The monoisotopic (exact) mass is 236 g/mol. The van der Waals surface area contributed by atoms with Crippen LogP contribution < -0.4 is 0 Å². The maximum absolute atomic E-state index is 12.2. The highest BCUT2D eigenvalue weighted by atomic mass is 16.5. The first-order valence-corrected chi connectivity index (χ1v) is 5.74. The zero-order valence-corrected chi connectivity index (χ0v) is 9.63. The number of pyridine rings is 1. The summed E-state index contributed by atoms with van der Waals surface area (Å²) in [5.41, 5.74) is 1.25. The summed E-state index contributed by atoms with van der Waals surface area (Å²) < 4.78 is 5.21. The van der Waals surface area contributed by atoms with E-state index in [9.17, 15) is 4.79 Å². The molecule has 2 heterocycles. The summed E-state index contributed by atoms with van der Waals surface area (Å²) >= 11 is 0. The van der Waals surface area contributed by atoms with Gasteiger partial charge in [-0.3, -0.25) is 9.78 Å². The number of hydrogen-bond acceptors (Lipinski definition) is 4. The Morgan fingerprint density at radius 1 is 1.47 bits per heavy atom. The van der Waals surface area contributed by atoms with E-state index in [0.717, 1.165) is 0 Å². The van der Waals surface area contributed by atoms with Gasteiger partial charge in [0, 0.05) is 32.3 Å². The van der Waals surface area contributed by atoms with Crippen molar-refractivity contribution in [1.82, 2.24) is 9.88 Å². The second-order valence-corrected chi connectivity index (χ2v) is 3.88. The smallest absolute Gasteiger partial charge is 0.255 e. The second-order valence-electron chi connectivity index (χ2n) is 3.88. The molecule has 0 aliphatic carbocycles. The van der Waals surface area contributed by atoms with Crippen LogP contribution in [-0.2, 0) is 11.2 Å². The number of aromatic nitrogens is 1. The van der Waals surface area contributed by atoms with Crippen LogP contribution in [0.25, 0.3) is 0 Å². The molecule has 1 amide bonds. The highest BCUT2D eigenvalue weighted by Gasteiger charge is 2.20. The van der Waals surface area contributed by atoms with E-state index in [4.69, 9.17) is 9.84 Å². The molecule has 1 aliphatic rings. The third kappa shape index (κ3) is 2.81. The van der Waals surface area contributed by atoms with Crippen LogP contribution in [-0.4, -0.2) is 53.8 Å². The average Bonchev–Trinajstić information content (AvgIpc) is 2.40. The first-order chi connectivity index (χ1) is 8.33. The van der Waals surface area contributed by atoms with E-state index in [0.29, 0.717) is 44.0 Å². The fourth-order valence-corrected chi connectivity index (χ4v) is 1.87. The van der Waals surface area contributed by atoms with Gasteiger partial charge >= 0.3 is 0 Å². The van der Waals surface area contributed by atoms with E-state index in [1.807, 2.05) is 0 Å². The molecule has 1 saturated heterocycles. The Labute approximate surface area is 100 Å². The summed E-state index contributed by atoms with van der Waals surface area (Å²) in [7, 11) is 0. The van der Waals surface area contributed by atoms with Gasteiger partial charge in [-0.25, -0.2) is 0 Å². The number of nitrogens with zero attached hydrogens (tertiary/aromatic N) is 2. The molecule has 1 aliphatic heterocycles. The van der Waals surface area contributed by atoms with Crippen LogP contribution in [0.15, 0.2) is 18.3 Å². The van der Waals surface area contributed by atoms with Gasteiger partial charge < -0.3 is 14.7 Å². The summed E-state index contributed by atoms with van der Waals surface area (Å²) in [4.78, 5) is 18.2. The largest absolute Gasteiger partial charge is 0.396 e. The topological polar surface area (TPSA) is 62.7 Å². The van der Waals surface area contributed by atoms with Crippen molar-refractivity contribution in [1.29, 1.82) is 0 Å². The second kappa shape index (κ2) is 5.75. The van der Waals surface area contributed by atoms with E-state index in [1.165, 1.54) is 0 Å². The summed E-state index contributed by atoms with van der Waals surface area (Å²) in [5, 5.41) is 8.95. The predicted molar refractivity (Wildman–Crippen MR) is 61.7 cm³/mol. The molecule has 0 unspecified atom stereocenters. The Morgan fingerprint density at radius 3 is 2.94 bits per heavy atom. The molecule has 0 saturated carbocycles. The SMILES string of the molecule is O=C(c1cccnc1CCO)N1CCOCC1. The Kier molecular flexibility index (Phi) is 4.06. The van der Waals surface area contributed by atoms with Crippen molar-refractivity contribution in [2.45, 2.75) is 6.42 Å². The van der Waals surface area contributed by atoms with Crippen LogP contribution in [0.1, 0.15) is 16.1 Å². The quantitative estimate of drug-likeness (QED) is 0.808. The lowest BCUT2D eigenvalue weighted by Crippen LogP contribution is -2.41. The Balaban J connectivity index is 2.17. The van der Waals surface area contributed by atoms with E-state index in [1.54, 1.807) is 23.2 Å². The molecule has 0 atom stereocenters. The van der Waals surface area contributed by atoms with Gasteiger partial charge in [-0.15, -0.1) is 0 Å². The molecule has 1 aromatic rings.